The van der Waals surface area contributed by atoms with Gasteiger partial charge in [0.1, 0.15) is 11.2 Å². The van der Waals surface area contributed by atoms with Gasteiger partial charge in [0.2, 0.25) is 0 Å². The molecule has 2 nitrogen and oxygen atoms in total. The Labute approximate surface area is 229 Å². The van der Waals surface area contributed by atoms with Crippen LogP contribution in [0.2, 0.25) is 5.54 Å². The van der Waals surface area contributed by atoms with Crippen molar-refractivity contribution >= 4 is 56.9 Å². The first-order valence-electron chi connectivity index (χ1n) is 13.6. The van der Waals surface area contributed by atoms with Crippen molar-refractivity contribution in [3.63, 3.8) is 0 Å². The lowest BCUT2D eigenvalue weighted by atomic mass is 10.0. The highest BCUT2D eigenvalue weighted by Crippen LogP contribution is 2.45. The Hall–Kier alpha value is -4.60. The maximum absolute atomic E-state index is 6.18. The summed E-state index contributed by atoms with van der Waals surface area (Å²) in [5.74, 6) is 0. The quantitative estimate of drug-likeness (QED) is 0.233. The maximum Gasteiger partial charge on any atom is 0.159 e. The molecule has 0 saturated heterocycles. The Morgan fingerprint density at radius 2 is 1.21 bits per heavy atom. The van der Waals surface area contributed by atoms with Gasteiger partial charge in [-0.1, -0.05) is 121 Å². The van der Waals surface area contributed by atoms with Gasteiger partial charge in [-0.25, -0.2) is 0 Å². The number of hydrogen-bond acceptors (Lipinski definition) is 2. The van der Waals surface area contributed by atoms with E-state index < -0.39 is 8.07 Å². The predicted molar refractivity (Wildman–Crippen MR) is 166 cm³/mol. The van der Waals surface area contributed by atoms with Gasteiger partial charge in [-0.15, -0.1) is 0 Å². The van der Waals surface area contributed by atoms with Crippen molar-refractivity contribution in [2.45, 2.75) is 11.6 Å². The van der Waals surface area contributed by atoms with Crippen molar-refractivity contribution in [1.29, 1.82) is 0 Å². The molecule has 39 heavy (non-hydrogen) atoms. The van der Waals surface area contributed by atoms with Gasteiger partial charge < -0.3 is 9.32 Å². The Balaban J connectivity index is 1.44. The van der Waals surface area contributed by atoms with Crippen molar-refractivity contribution in [3.05, 3.63) is 152 Å². The lowest BCUT2D eigenvalue weighted by Gasteiger charge is -2.52. The zero-order valence-corrected chi connectivity index (χ0v) is 22.4. The summed E-state index contributed by atoms with van der Waals surface area (Å²) in [7, 11) is -2.48. The fraction of sp³-hybridized carbons (Fsp3) is 0.0556. The van der Waals surface area contributed by atoms with Gasteiger partial charge in [0.15, 0.2) is 8.07 Å². The van der Waals surface area contributed by atoms with E-state index in [4.69, 9.17) is 4.42 Å². The second-order valence-electron chi connectivity index (χ2n) is 10.5. The minimum Gasteiger partial charge on any atom is -0.456 e. The van der Waals surface area contributed by atoms with Crippen molar-refractivity contribution in [2.75, 3.05) is 4.90 Å². The van der Waals surface area contributed by atoms with Crippen LogP contribution in [0.4, 0.5) is 11.4 Å². The van der Waals surface area contributed by atoms with Crippen LogP contribution < -0.4 is 20.5 Å². The van der Waals surface area contributed by atoms with E-state index in [0.717, 1.165) is 21.9 Å². The molecule has 0 fully saturated rings. The summed E-state index contributed by atoms with van der Waals surface area (Å²) in [6, 6.07) is 46.9. The molecule has 2 atom stereocenters. The molecule has 0 N–H and O–H groups in total. The third-order valence-corrected chi connectivity index (χ3v) is 13.9. The number of rotatable bonds is 3. The van der Waals surface area contributed by atoms with E-state index in [1.807, 2.05) is 6.07 Å². The molecule has 2 unspecified atom stereocenters. The molecule has 1 aromatic heterocycles. The third kappa shape index (κ3) is 3.20. The van der Waals surface area contributed by atoms with E-state index in [-0.39, 0.29) is 6.04 Å². The standard InChI is InChI=1S/C36H27NOSi/c1-3-13-27(14-4-1)39(28-15-5-2-6-16-28)35-21-11-8-18-31(35)37(32-19-9-12-22-36(32)39)26-23-24-34-30(25-26)29-17-7-10-20-33(29)38-34/h1-25,31,35H. The molecule has 5 aromatic carbocycles. The van der Waals surface area contributed by atoms with Crippen LogP contribution >= 0.6 is 0 Å². The van der Waals surface area contributed by atoms with E-state index >= 15 is 0 Å². The third-order valence-electron chi connectivity index (χ3n) is 8.59. The molecule has 6 aromatic rings. The molecule has 2 aliphatic rings. The molecule has 1 aliphatic heterocycles. The second-order valence-corrected chi connectivity index (χ2v) is 14.5. The average Bonchev–Trinajstić information content (AvgIpc) is 3.39. The summed E-state index contributed by atoms with van der Waals surface area (Å²) in [4.78, 5) is 2.57. The summed E-state index contributed by atoms with van der Waals surface area (Å²) in [6.07, 6.45) is 9.37. The van der Waals surface area contributed by atoms with Crippen LogP contribution in [0.5, 0.6) is 0 Å². The van der Waals surface area contributed by atoms with E-state index in [0.29, 0.717) is 5.54 Å². The van der Waals surface area contributed by atoms with Gasteiger partial charge in [0.05, 0.1) is 6.04 Å². The topological polar surface area (TPSA) is 16.4 Å². The highest BCUT2D eigenvalue weighted by Gasteiger charge is 2.54. The molecule has 0 radical (unpaired) electrons. The fourth-order valence-corrected chi connectivity index (χ4v) is 12.7. The van der Waals surface area contributed by atoms with Gasteiger partial charge in [-0.2, -0.15) is 0 Å². The first-order chi connectivity index (χ1) is 19.4. The summed E-state index contributed by atoms with van der Waals surface area (Å²) in [5.41, 5.74) is 4.67. The Bertz CT molecular complexity index is 1850. The largest absolute Gasteiger partial charge is 0.456 e. The number of benzene rings is 5. The monoisotopic (exact) mass is 517 g/mol. The maximum atomic E-state index is 6.18. The first-order valence-corrected chi connectivity index (χ1v) is 15.7. The van der Waals surface area contributed by atoms with Crippen LogP contribution in [-0.2, 0) is 0 Å². The SMILES string of the molecule is C1=CC2C(C=C1)[Si](c1ccccc1)(c1ccccc1)c1ccccc1N2c1ccc2oc3ccccc3c2c1. The van der Waals surface area contributed by atoms with Gasteiger partial charge in [0.25, 0.3) is 0 Å². The number of para-hydroxylation sites is 2. The summed E-state index contributed by atoms with van der Waals surface area (Å²) < 4.78 is 6.18. The van der Waals surface area contributed by atoms with Crippen molar-refractivity contribution in [1.82, 2.24) is 0 Å². The van der Waals surface area contributed by atoms with Crippen LogP contribution in [0, 0.1) is 0 Å². The van der Waals surface area contributed by atoms with E-state index in [1.54, 1.807) is 0 Å². The van der Waals surface area contributed by atoms with Gasteiger partial charge >= 0.3 is 0 Å². The van der Waals surface area contributed by atoms with E-state index in [9.17, 15) is 0 Å². The molecule has 3 heteroatoms. The van der Waals surface area contributed by atoms with Gasteiger partial charge in [-0.05, 0) is 45.9 Å². The zero-order valence-electron chi connectivity index (χ0n) is 21.4. The van der Waals surface area contributed by atoms with Crippen molar-refractivity contribution < 1.29 is 4.42 Å². The number of allylic oxidation sites excluding steroid dienone is 2. The minimum absolute atomic E-state index is 0.188. The average molecular weight is 518 g/mol. The minimum atomic E-state index is -2.48. The summed E-state index contributed by atoms with van der Waals surface area (Å²) >= 11 is 0. The van der Waals surface area contributed by atoms with Crippen LogP contribution in [0.25, 0.3) is 21.9 Å². The molecule has 0 spiro atoms. The highest BCUT2D eigenvalue weighted by molar-refractivity contribution is 7.13. The zero-order chi connectivity index (χ0) is 25.8. The lowest BCUT2D eigenvalue weighted by Crippen LogP contribution is -2.75. The number of nitrogens with zero attached hydrogens (tertiary/aromatic N) is 1. The second kappa shape index (κ2) is 8.72. The normalized spacial score (nSPS) is 19.2. The summed E-state index contributed by atoms with van der Waals surface area (Å²) in [6.45, 7) is 0. The molecular formula is C36H27NOSi. The van der Waals surface area contributed by atoms with Gasteiger partial charge in [-0.3, -0.25) is 0 Å². The molecule has 186 valence electrons. The highest BCUT2D eigenvalue weighted by atomic mass is 28.3. The molecule has 0 saturated carbocycles. The van der Waals surface area contributed by atoms with E-state index in [1.165, 1.54) is 26.9 Å². The van der Waals surface area contributed by atoms with Crippen molar-refractivity contribution in [2.24, 2.45) is 0 Å². The molecule has 0 amide bonds. The molecular weight excluding hydrogens is 490 g/mol. The molecule has 0 bridgehead atoms. The molecule has 1 aliphatic carbocycles. The Morgan fingerprint density at radius 3 is 2.00 bits per heavy atom. The first kappa shape index (κ1) is 22.4. The van der Waals surface area contributed by atoms with Crippen molar-refractivity contribution in [3.8, 4) is 0 Å². The van der Waals surface area contributed by atoms with Crippen LogP contribution in [0.15, 0.2) is 156 Å². The number of fused-ring (bicyclic) bond motifs is 5. The number of hydrogen-bond donors (Lipinski definition) is 0. The van der Waals surface area contributed by atoms with Crippen LogP contribution in [0.1, 0.15) is 0 Å². The van der Waals surface area contributed by atoms with Gasteiger partial charge in [0, 0.05) is 27.7 Å². The number of furan rings is 1. The Kier molecular flexibility index (Phi) is 5.01. The lowest BCUT2D eigenvalue weighted by molar-refractivity contribution is 0.669. The predicted octanol–water partition coefficient (Wildman–Crippen LogP) is 7.07. The fourth-order valence-electron chi connectivity index (χ4n) is 7.04. The molecule has 8 rings (SSSR count). The number of anilines is 2. The van der Waals surface area contributed by atoms with E-state index in [2.05, 4.69) is 151 Å². The smallest absolute Gasteiger partial charge is 0.159 e. The summed E-state index contributed by atoms with van der Waals surface area (Å²) in [5, 5.41) is 6.69. The Morgan fingerprint density at radius 1 is 0.564 bits per heavy atom. The van der Waals surface area contributed by atoms with Crippen LogP contribution in [-0.4, -0.2) is 14.1 Å². The van der Waals surface area contributed by atoms with Crippen LogP contribution in [0.3, 0.4) is 0 Å². The molecule has 2 heterocycles.